The van der Waals surface area contributed by atoms with Crippen molar-refractivity contribution >= 4 is 29.4 Å². The van der Waals surface area contributed by atoms with Gasteiger partial charge in [-0.25, -0.2) is 0 Å². The number of benzene rings is 4. The second-order valence-electron chi connectivity index (χ2n) is 12.2. The van der Waals surface area contributed by atoms with Gasteiger partial charge in [0.15, 0.2) is 0 Å². The Hall–Kier alpha value is -2.13. The van der Waals surface area contributed by atoms with Crippen LogP contribution in [-0.2, 0) is 0 Å². The molecule has 188 valence electrons. The van der Waals surface area contributed by atoms with E-state index in [9.17, 15) is 0 Å². The van der Waals surface area contributed by atoms with Gasteiger partial charge in [-0.1, -0.05) is 0 Å². The van der Waals surface area contributed by atoms with Crippen molar-refractivity contribution in [1.82, 2.24) is 0 Å². The van der Waals surface area contributed by atoms with Crippen LogP contribution in [0.25, 0.3) is 0 Å². The third kappa shape index (κ3) is 4.67. The first-order valence-electron chi connectivity index (χ1n) is 14.3. The molecule has 4 aromatic rings. The molecule has 0 bridgehead atoms. The monoisotopic (exact) mass is 520 g/mol. The van der Waals surface area contributed by atoms with Crippen LogP contribution in [0.4, 0.5) is 0 Å². The first-order chi connectivity index (χ1) is 18.1. The summed E-state index contributed by atoms with van der Waals surface area (Å²) in [6, 6.07) is 46.4. The van der Waals surface area contributed by atoms with Crippen molar-refractivity contribution in [2.45, 2.75) is 48.3 Å². The van der Waals surface area contributed by atoms with E-state index < -0.39 is 14.3 Å². The van der Waals surface area contributed by atoms with E-state index in [4.69, 9.17) is 0 Å². The molecule has 0 N–H and O–H groups in total. The first-order valence-corrected chi connectivity index (χ1v) is 20.0. The quantitative estimate of drug-likeness (QED) is 0.178. The Morgan fingerprint density at radius 2 is 0.622 bits per heavy atom. The van der Waals surface area contributed by atoms with Crippen LogP contribution in [-0.4, -0.2) is 21.0 Å². The van der Waals surface area contributed by atoms with Crippen LogP contribution in [0.5, 0.6) is 0 Å². The molecular weight excluding hydrogens is 480 g/mol. The molecule has 2 heterocycles. The van der Waals surface area contributed by atoms with Crippen molar-refractivity contribution in [3.8, 4) is 0 Å². The summed E-state index contributed by atoms with van der Waals surface area (Å²) in [6.45, 7) is 0. The summed E-state index contributed by atoms with van der Waals surface area (Å²) in [5.41, 5.74) is 9.43. The fourth-order valence-corrected chi connectivity index (χ4v) is 27.3. The molecule has 6 rings (SSSR count). The molecule has 0 spiro atoms. The average molecular weight is 520 g/mol. The van der Waals surface area contributed by atoms with Crippen molar-refractivity contribution in [1.29, 1.82) is 0 Å². The first kappa shape index (κ1) is 25.2. The number of rotatable bonds is 6. The minimum atomic E-state index is -1.75. The SMILES string of the molecule is B[PH]1(C[PH]2(B)C(c3ccccc3)CC[C@@H]2c2ccccc2)C(c2ccccc2)CC[C@@H]1c1ccccc1. The van der Waals surface area contributed by atoms with E-state index in [1.165, 1.54) is 31.6 Å². The zero-order chi connectivity index (χ0) is 25.3. The normalized spacial score (nSPS) is 27.9. The van der Waals surface area contributed by atoms with Gasteiger partial charge in [0.05, 0.1) is 0 Å². The molecule has 0 saturated carbocycles. The van der Waals surface area contributed by atoms with E-state index in [2.05, 4.69) is 136 Å². The topological polar surface area (TPSA) is 0 Å². The second-order valence-corrected chi connectivity index (χ2v) is 22.4. The Morgan fingerprint density at radius 3 is 0.838 bits per heavy atom. The van der Waals surface area contributed by atoms with Crippen LogP contribution in [0.1, 0.15) is 70.6 Å². The predicted octanol–water partition coefficient (Wildman–Crippen LogP) is 8.09. The van der Waals surface area contributed by atoms with Gasteiger partial charge in [-0.2, -0.15) is 0 Å². The number of hydrogen-bond donors (Lipinski definition) is 0. The van der Waals surface area contributed by atoms with Crippen LogP contribution in [0.15, 0.2) is 121 Å². The van der Waals surface area contributed by atoms with E-state index in [1.54, 1.807) is 22.3 Å². The third-order valence-corrected chi connectivity index (χ3v) is 25.2. The summed E-state index contributed by atoms with van der Waals surface area (Å²) in [6.07, 6.45) is 5.40. The summed E-state index contributed by atoms with van der Waals surface area (Å²) >= 11 is 0. The maximum absolute atomic E-state index is 2.82. The molecule has 4 heteroatoms. The molecule has 4 atom stereocenters. The van der Waals surface area contributed by atoms with Crippen LogP contribution < -0.4 is 0 Å². The molecule has 37 heavy (non-hydrogen) atoms. The summed E-state index contributed by atoms with van der Waals surface area (Å²) in [7, 11) is 2.13. The molecule has 2 aliphatic rings. The van der Waals surface area contributed by atoms with Crippen LogP contribution in [0.2, 0.25) is 0 Å². The zero-order valence-corrected chi connectivity index (χ0v) is 24.4. The van der Waals surface area contributed by atoms with Gasteiger partial charge in [-0.05, 0) is 0 Å². The van der Waals surface area contributed by atoms with Gasteiger partial charge in [0.25, 0.3) is 0 Å². The molecule has 2 saturated heterocycles. The van der Waals surface area contributed by atoms with Gasteiger partial charge in [-0.15, -0.1) is 0 Å². The molecule has 0 nitrogen and oxygen atoms in total. The van der Waals surface area contributed by atoms with Crippen LogP contribution >= 0.6 is 14.3 Å². The van der Waals surface area contributed by atoms with Gasteiger partial charge in [0, 0.05) is 0 Å². The fourth-order valence-electron chi connectivity index (χ4n) is 8.72. The van der Waals surface area contributed by atoms with E-state index in [1.807, 2.05) is 0 Å². The van der Waals surface area contributed by atoms with Crippen molar-refractivity contribution < 1.29 is 0 Å². The second kappa shape index (κ2) is 10.6. The van der Waals surface area contributed by atoms with E-state index >= 15 is 0 Å². The van der Waals surface area contributed by atoms with Gasteiger partial charge in [-0.3, -0.25) is 0 Å². The summed E-state index contributed by atoms with van der Waals surface area (Å²) in [5.74, 6) is 1.51. The van der Waals surface area contributed by atoms with E-state index in [0.29, 0.717) is 0 Å². The van der Waals surface area contributed by atoms with Crippen LogP contribution in [0, 0.1) is 0 Å². The van der Waals surface area contributed by atoms with Crippen molar-refractivity contribution in [2.24, 2.45) is 0 Å². The van der Waals surface area contributed by atoms with Crippen LogP contribution in [0.3, 0.4) is 0 Å². The molecule has 2 aliphatic heterocycles. The molecule has 2 unspecified atom stereocenters. The van der Waals surface area contributed by atoms with Crippen molar-refractivity contribution in [3.05, 3.63) is 144 Å². The Morgan fingerprint density at radius 1 is 0.405 bits per heavy atom. The third-order valence-electron chi connectivity index (χ3n) is 10.2. The molecule has 0 aromatic heterocycles. The Bertz CT molecular complexity index is 1100. The van der Waals surface area contributed by atoms with Crippen molar-refractivity contribution in [3.63, 3.8) is 0 Å². The molecular formula is C33H40B2P2. The Labute approximate surface area is 226 Å². The summed E-state index contributed by atoms with van der Waals surface area (Å²) in [4.78, 5) is 0. The van der Waals surface area contributed by atoms with E-state index in [0.717, 1.165) is 22.6 Å². The Kier molecular flexibility index (Phi) is 7.18. The molecule has 0 radical (unpaired) electrons. The number of hydrogen-bond acceptors (Lipinski definition) is 0. The van der Waals surface area contributed by atoms with Crippen molar-refractivity contribution in [2.75, 3.05) is 5.90 Å². The predicted molar refractivity (Wildman–Crippen MR) is 174 cm³/mol. The molecule has 2 fully saturated rings. The standard InChI is InChI=1S/C33H40B2P2/c34-36(30(26-13-5-1-6-14-26)21-22-31(36)27-15-7-2-8-16-27)25-37(35)32(28-17-9-3-10-18-28)23-24-33(37)29-19-11-4-12-20-29/h1-20,30-33,36-37H,21-25,34-35H2/t30-,31?,32-,33?/m1/s1. The van der Waals surface area contributed by atoms with Gasteiger partial charge in [0.2, 0.25) is 0 Å². The van der Waals surface area contributed by atoms with Gasteiger partial charge >= 0.3 is 227 Å². The van der Waals surface area contributed by atoms with Gasteiger partial charge < -0.3 is 0 Å². The fraction of sp³-hybridized carbons (Fsp3) is 0.273. The van der Waals surface area contributed by atoms with E-state index in [-0.39, 0.29) is 0 Å². The molecule has 0 amide bonds. The zero-order valence-electron chi connectivity index (χ0n) is 22.4. The molecule has 4 aromatic carbocycles. The minimum absolute atomic E-state index is 0.747. The average Bonchev–Trinajstić information content (AvgIpc) is 3.46. The van der Waals surface area contributed by atoms with Gasteiger partial charge in [0.1, 0.15) is 0 Å². The maximum atomic E-state index is 2.82. The summed E-state index contributed by atoms with van der Waals surface area (Å²) < 4.78 is 0. The summed E-state index contributed by atoms with van der Waals surface area (Å²) in [5, 5.41) is 0. The Balaban J connectivity index is 1.48. The molecule has 0 aliphatic carbocycles.